The van der Waals surface area contributed by atoms with Gasteiger partial charge in [-0.25, -0.2) is 0 Å². The second kappa shape index (κ2) is 10.4. The van der Waals surface area contributed by atoms with Crippen LogP contribution >= 0.6 is 0 Å². The first kappa shape index (κ1) is 22.7. The summed E-state index contributed by atoms with van der Waals surface area (Å²) in [7, 11) is 0. The summed E-state index contributed by atoms with van der Waals surface area (Å²) >= 11 is 0. The van der Waals surface area contributed by atoms with E-state index in [9.17, 15) is 9.59 Å². The molecule has 3 aromatic rings. The predicted octanol–water partition coefficient (Wildman–Crippen LogP) is 3.34. The van der Waals surface area contributed by atoms with Crippen molar-refractivity contribution in [2.45, 2.75) is 45.7 Å². The van der Waals surface area contributed by atoms with E-state index in [0.717, 1.165) is 35.3 Å². The normalized spacial score (nSPS) is 16.3. The topological polar surface area (TPSA) is 71.3 Å². The molecule has 33 heavy (non-hydrogen) atoms. The minimum absolute atomic E-state index is 0.000732. The third-order valence-corrected chi connectivity index (χ3v) is 6.29. The highest BCUT2D eigenvalue weighted by Gasteiger charge is 2.37. The molecule has 7 heteroatoms. The second-order valence-corrected chi connectivity index (χ2v) is 8.47. The van der Waals surface area contributed by atoms with Crippen LogP contribution in [0.2, 0.25) is 0 Å². The smallest absolute Gasteiger partial charge is 0.245 e. The molecule has 1 aliphatic heterocycles. The Morgan fingerprint density at radius 1 is 1.03 bits per heavy atom. The number of aromatic nitrogens is 3. The van der Waals surface area contributed by atoms with Crippen LogP contribution in [-0.4, -0.2) is 62.1 Å². The number of pyridine rings is 1. The van der Waals surface area contributed by atoms with Crippen LogP contribution in [0.4, 0.5) is 0 Å². The molecule has 4 rings (SSSR count). The number of carbonyl (C=O) groups is 2. The fourth-order valence-electron chi connectivity index (χ4n) is 4.52. The molecule has 2 amide bonds. The Hall–Kier alpha value is -3.48. The maximum atomic E-state index is 13.5. The number of amides is 2. The summed E-state index contributed by atoms with van der Waals surface area (Å²) in [5.74, 6) is 0.0389. The lowest BCUT2D eigenvalue weighted by atomic mass is 9.93. The van der Waals surface area contributed by atoms with Crippen molar-refractivity contribution in [3.63, 3.8) is 0 Å². The van der Waals surface area contributed by atoms with E-state index in [0.29, 0.717) is 32.5 Å². The average molecular weight is 446 g/mol. The Kier molecular flexibility index (Phi) is 7.17. The van der Waals surface area contributed by atoms with Crippen molar-refractivity contribution < 1.29 is 9.59 Å². The van der Waals surface area contributed by atoms with Gasteiger partial charge in [-0.3, -0.25) is 19.3 Å². The van der Waals surface area contributed by atoms with Gasteiger partial charge in [-0.05, 0) is 48.2 Å². The maximum Gasteiger partial charge on any atom is 0.245 e. The lowest BCUT2D eigenvalue weighted by Gasteiger charge is -2.41. The van der Waals surface area contributed by atoms with E-state index >= 15 is 0 Å². The van der Waals surface area contributed by atoms with E-state index in [-0.39, 0.29) is 11.8 Å². The van der Waals surface area contributed by atoms with E-state index in [1.165, 1.54) is 0 Å². The Balaban J connectivity index is 1.58. The van der Waals surface area contributed by atoms with Crippen molar-refractivity contribution in [3.8, 4) is 11.1 Å². The highest BCUT2D eigenvalue weighted by atomic mass is 16.2. The molecule has 2 aromatic heterocycles. The van der Waals surface area contributed by atoms with Gasteiger partial charge in [-0.15, -0.1) is 0 Å². The molecule has 1 saturated heterocycles. The highest BCUT2D eigenvalue weighted by molar-refractivity contribution is 5.89. The summed E-state index contributed by atoms with van der Waals surface area (Å²) in [4.78, 5) is 34.6. The summed E-state index contributed by atoms with van der Waals surface area (Å²) in [6.45, 7) is 6.43. The summed E-state index contributed by atoms with van der Waals surface area (Å²) in [6, 6.07) is 13.5. The molecule has 7 nitrogen and oxygen atoms in total. The van der Waals surface area contributed by atoms with Gasteiger partial charge in [0.05, 0.1) is 0 Å². The number of carbonyl (C=O) groups excluding carboxylic acids is 2. The van der Waals surface area contributed by atoms with Crippen LogP contribution in [0.3, 0.4) is 0 Å². The SMILES string of the molecule is CCCN1CCN(C(=O)CCn2nccc2C)[C@@H](Cc2ccccc2-c2ccncc2)C1=O. The standard InChI is InChI=1S/C26H31N5O2/c1-3-15-29-17-18-30(25(32)11-16-31-20(2)8-14-28-31)24(26(29)33)19-22-6-4-5-7-23(22)21-9-12-27-13-10-21/h4-10,12-14,24H,3,11,15-19H2,1-2H3/t24-/m0/s1. The van der Waals surface area contributed by atoms with Gasteiger partial charge in [-0.1, -0.05) is 31.2 Å². The first-order valence-electron chi connectivity index (χ1n) is 11.6. The van der Waals surface area contributed by atoms with Crippen LogP contribution in [0.15, 0.2) is 61.1 Å². The van der Waals surface area contributed by atoms with Crippen molar-refractivity contribution >= 4 is 11.8 Å². The minimum atomic E-state index is -0.500. The van der Waals surface area contributed by atoms with Gasteiger partial charge in [0, 0.05) is 63.3 Å². The summed E-state index contributed by atoms with van der Waals surface area (Å²) < 4.78 is 1.83. The third kappa shape index (κ3) is 5.13. The number of hydrogen-bond donors (Lipinski definition) is 0. The monoisotopic (exact) mass is 445 g/mol. The number of piperazine rings is 1. The molecule has 3 heterocycles. The molecular formula is C26H31N5O2. The van der Waals surface area contributed by atoms with E-state index in [4.69, 9.17) is 0 Å². The number of nitrogens with zero attached hydrogens (tertiary/aromatic N) is 5. The molecule has 1 atom stereocenters. The first-order chi connectivity index (χ1) is 16.1. The third-order valence-electron chi connectivity index (χ3n) is 6.29. The van der Waals surface area contributed by atoms with Crippen molar-refractivity contribution in [2.24, 2.45) is 0 Å². The lowest BCUT2D eigenvalue weighted by Crippen LogP contribution is -2.59. The van der Waals surface area contributed by atoms with Gasteiger partial charge in [0.15, 0.2) is 0 Å². The lowest BCUT2D eigenvalue weighted by molar-refractivity contribution is -0.151. The summed E-state index contributed by atoms with van der Waals surface area (Å²) in [5, 5.41) is 4.28. The van der Waals surface area contributed by atoms with Crippen LogP contribution in [0, 0.1) is 6.92 Å². The molecule has 0 bridgehead atoms. The molecule has 1 fully saturated rings. The van der Waals surface area contributed by atoms with Gasteiger partial charge in [0.25, 0.3) is 0 Å². The fraction of sp³-hybridized carbons (Fsp3) is 0.385. The number of hydrogen-bond acceptors (Lipinski definition) is 4. The summed E-state index contributed by atoms with van der Waals surface area (Å²) in [5.41, 5.74) is 4.21. The fourth-order valence-corrected chi connectivity index (χ4v) is 4.52. The van der Waals surface area contributed by atoms with Gasteiger partial charge < -0.3 is 9.80 Å². The number of aryl methyl sites for hydroxylation is 2. The quantitative estimate of drug-likeness (QED) is 0.533. The molecule has 0 saturated carbocycles. The van der Waals surface area contributed by atoms with Crippen molar-refractivity contribution in [1.82, 2.24) is 24.6 Å². The van der Waals surface area contributed by atoms with E-state index in [2.05, 4.69) is 29.1 Å². The Morgan fingerprint density at radius 2 is 1.82 bits per heavy atom. The first-order valence-corrected chi connectivity index (χ1v) is 11.6. The average Bonchev–Trinajstić information content (AvgIpc) is 3.25. The molecule has 172 valence electrons. The number of rotatable bonds is 8. The van der Waals surface area contributed by atoms with Crippen molar-refractivity contribution in [1.29, 1.82) is 0 Å². The van der Waals surface area contributed by atoms with Crippen molar-refractivity contribution in [2.75, 3.05) is 19.6 Å². The zero-order valence-electron chi connectivity index (χ0n) is 19.4. The Labute approximate surface area is 195 Å². The van der Waals surface area contributed by atoms with Crippen LogP contribution in [0.1, 0.15) is 31.0 Å². The van der Waals surface area contributed by atoms with Crippen LogP contribution in [0.25, 0.3) is 11.1 Å². The maximum absolute atomic E-state index is 13.5. The van der Waals surface area contributed by atoms with Crippen LogP contribution in [0.5, 0.6) is 0 Å². The van der Waals surface area contributed by atoms with Gasteiger partial charge in [-0.2, -0.15) is 5.10 Å². The van der Waals surface area contributed by atoms with Crippen LogP contribution < -0.4 is 0 Å². The molecule has 0 spiro atoms. The highest BCUT2D eigenvalue weighted by Crippen LogP contribution is 2.27. The van der Waals surface area contributed by atoms with Crippen molar-refractivity contribution in [3.05, 3.63) is 72.3 Å². The number of benzene rings is 1. The minimum Gasteiger partial charge on any atom is -0.339 e. The molecule has 1 aromatic carbocycles. The van der Waals surface area contributed by atoms with Gasteiger partial charge in [0.2, 0.25) is 11.8 Å². The predicted molar refractivity (Wildman–Crippen MR) is 127 cm³/mol. The van der Waals surface area contributed by atoms with Gasteiger partial charge >= 0.3 is 0 Å². The van der Waals surface area contributed by atoms with Gasteiger partial charge in [0.1, 0.15) is 6.04 Å². The molecule has 0 N–H and O–H groups in total. The molecule has 0 radical (unpaired) electrons. The largest absolute Gasteiger partial charge is 0.339 e. The Morgan fingerprint density at radius 3 is 2.55 bits per heavy atom. The van der Waals surface area contributed by atoms with E-state index in [1.807, 2.05) is 46.8 Å². The van der Waals surface area contributed by atoms with Crippen LogP contribution in [-0.2, 0) is 22.6 Å². The summed E-state index contributed by atoms with van der Waals surface area (Å²) in [6.07, 6.45) is 7.00. The molecule has 0 aliphatic carbocycles. The zero-order chi connectivity index (χ0) is 23.2. The molecular weight excluding hydrogens is 414 g/mol. The molecule has 1 aliphatic rings. The Bertz CT molecular complexity index is 1090. The zero-order valence-corrected chi connectivity index (χ0v) is 19.4. The van der Waals surface area contributed by atoms with E-state index in [1.54, 1.807) is 23.5 Å². The van der Waals surface area contributed by atoms with E-state index < -0.39 is 6.04 Å². The second-order valence-electron chi connectivity index (χ2n) is 8.47. The molecule has 0 unspecified atom stereocenters.